The summed E-state index contributed by atoms with van der Waals surface area (Å²) < 4.78 is 0. The quantitative estimate of drug-likeness (QED) is 0.513. The van der Waals surface area contributed by atoms with Crippen molar-refractivity contribution in [3.8, 4) is 0 Å². The fourth-order valence-electron chi connectivity index (χ4n) is 2.16. The average Bonchev–Trinajstić information content (AvgIpc) is 2.41. The Morgan fingerprint density at radius 3 is 2.70 bits per heavy atom. The van der Waals surface area contributed by atoms with Crippen LogP contribution in [0.15, 0.2) is 18.2 Å². The monoisotopic (exact) mass is 277 g/mol. The van der Waals surface area contributed by atoms with E-state index in [0.717, 1.165) is 4.90 Å². The van der Waals surface area contributed by atoms with E-state index >= 15 is 0 Å². The first kappa shape index (κ1) is 14.0. The third-order valence-corrected chi connectivity index (χ3v) is 3.40. The van der Waals surface area contributed by atoms with Gasteiger partial charge in [-0.25, -0.2) is 0 Å². The minimum atomic E-state index is -0.474. The number of carbonyl (C=O) groups excluding carboxylic acids is 2. The number of nitrogens with zero attached hydrogens (tertiary/aromatic N) is 2. The maximum Gasteiger partial charge on any atom is 0.269 e. The first-order valence-electron chi connectivity index (χ1n) is 6.22. The Morgan fingerprint density at radius 1 is 1.40 bits per heavy atom. The van der Waals surface area contributed by atoms with Gasteiger partial charge < -0.3 is 5.32 Å². The summed E-state index contributed by atoms with van der Waals surface area (Å²) in [6, 6.07) is 3.94. The second kappa shape index (κ2) is 5.28. The summed E-state index contributed by atoms with van der Waals surface area (Å²) in [6.07, 6.45) is 0.740. The minimum absolute atomic E-state index is 0.00955. The van der Waals surface area contributed by atoms with Crippen molar-refractivity contribution in [3.05, 3.63) is 33.9 Å². The molecule has 0 saturated carbocycles. The molecule has 1 aliphatic rings. The molecule has 20 heavy (non-hydrogen) atoms. The van der Waals surface area contributed by atoms with Gasteiger partial charge in [-0.3, -0.25) is 24.6 Å². The zero-order valence-electron chi connectivity index (χ0n) is 11.3. The van der Waals surface area contributed by atoms with Gasteiger partial charge in [0, 0.05) is 31.3 Å². The lowest BCUT2D eigenvalue weighted by Crippen LogP contribution is -2.48. The highest BCUT2D eigenvalue weighted by molar-refractivity contribution is 6.01. The Morgan fingerprint density at radius 2 is 2.10 bits per heavy atom. The van der Waals surface area contributed by atoms with Crippen molar-refractivity contribution in [3.63, 3.8) is 0 Å². The van der Waals surface area contributed by atoms with Crippen molar-refractivity contribution in [1.82, 2.24) is 4.90 Å². The number of aryl methyl sites for hydroxylation is 1. The first-order chi connectivity index (χ1) is 9.40. The molecular formula is C13H15N3O4. The second-order valence-corrected chi connectivity index (χ2v) is 4.78. The van der Waals surface area contributed by atoms with Crippen LogP contribution in [0.3, 0.4) is 0 Å². The van der Waals surface area contributed by atoms with E-state index in [0.29, 0.717) is 24.1 Å². The van der Waals surface area contributed by atoms with Gasteiger partial charge in [0.15, 0.2) is 0 Å². The first-order valence-corrected chi connectivity index (χ1v) is 6.22. The van der Waals surface area contributed by atoms with E-state index in [1.165, 1.54) is 19.2 Å². The molecule has 1 saturated heterocycles. The Kier molecular flexibility index (Phi) is 3.69. The van der Waals surface area contributed by atoms with Crippen molar-refractivity contribution in [2.45, 2.75) is 25.8 Å². The normalized spacial score (nSPS) is 19.1. The molecule has 1 unspecified atom stereocenters. The van der Waals surface area contributed by atoms with E-state index in [1.807, 2.05) is 0 Å². The Labute approximate surface area is 115 Å². The average molecular weight is 277 g/mol. The van der Waals surface area contributed by atoms with Crippen LogP contribution in [0.25, 0.3) is 0 Å². The fourth-order valence-corrected chi connectivity index (χ4v) is 2.16. The van der Waals surface area contributed by atoms with E-state index in [2.05, 4.69) is 5.32 Å². The predicted molar refractivity (Wildman–Crippen MR) is 72.3 cm³/mol. The summed E-state index contributed by atoms with van der Waals surface area (Å²) in [5, 5.41) is 13.7. The van der Waals surface area contributed by atoms with E-state index in [9.17, 15) is 19.7 Å². The Hall–Kier alpha value is -2.44. The number of non-ortho nitro benzene ring substituents is 1. The van der Waals surface area contributed by atoms with Crippen LogP contribution in [0.1, 0.15) is 18.4 Å². The SMILES string of the molecule is Cc1cc([N+](=O)[O-])ccc1NC1CCC(=O)N(C)C1=O. The van der Waals surface area contributed by atoms with Gasteiger partial charge in [-0.15, -0.1) is 0 Å². The molecule has 1 aromatic carbocycles. The summed E-state index contributed by atoms with van der Waals surface area (Å²) in [4.78, 5) is 34.7. The third-order valence-electron chi connectivity index (χ3n) is 3.40. The number of benzene rings is 1. The molecule has 2 amide bonds. The van der Waals surface area contributed by atoms with Gasteiger partial charge in [0.2, 0.25) is 5.91 Å². The van der Waals surface area contributed by atoms with Crippen molar-refractivity contribution >= 4 is 23.2 Å². The molecule has 2 rings (SSSR count). The largest absolute Gasteiger partial charge is 0.373 e. The Bertz CT molecular complexity index is 585. The number of piperidine rings is 1. The molecule has 0 aliphatic carbocycles. The van der Waals surface area contributed by atoms with Gasteiger partial charge in [0.25, 0.3) is 11.6 Å². The molecular weight excluding hydrogens is 262 g/mol. The highest BCUT2D eigenvalue weighted by Crippen LogP contribution is 2.24. The van der Waals surface area contributed by atoms with Gasteiger partial charge >= 0.3 is 0 Å². The smallest absolute Gasteiger partial charge is 0.269 e. The van der Waals surface area contributed by atoms with Crippen LogP contribution in [0.5, 0.6) is 0 Å². The molecule has 0 bridgehead atoms. The molecule has 0 spiro atoms. The van der Waals surface area contributed by atoms with E-state index in [-0.39, 0.29) is 17.5 Å². The minimum Gasteiger partial charge on any atom is -0.373 e. The highest BCUT2D eigenvalue weighted by atomic mass is 16.6. The maximum atomic E-state index is 12.0. The van der Waals surface area contributed by atoms with Crippen LogP contribution in [-0.2, 0) is 9.59 Å². The molecule has 7 nitrogen and oxygen atoms in total. The fraction of sp³-hybridized carbons (Fsp3) is 0.385. The van der Waals surface area contributed by atoms with Gasteiger partial charge in [-0.05, 0) is 25.0 Å². The second-order valence-electron chi connectivity index (χ2n) is 4.78. The summed E-state index contributed by atoms with van der Waals surface area (Å²) in [6.45, 7) is 1.73. The maximum absolute atomic E-state index is 12.0. The third kappa shape index (κ3) is 2.61. The van der Waals surface area contributed by atoms with Crippen molar-refractivity contribution in [2.75, 3.05) is 12.4 Å². The Balaban J connectivity index is 2.16. The molecule has 7 heteroatoms. The van der Waals surface area contributed by atoms with Crippen molar-refractivity contribution < 1.29 is 14.5 Å². The molecule has 0 radical (unpaired) electrons. The highest BCUT2D eigenvalue weighted by Gasteiger charge is 2.31. The number of carbonyl (C=O) groups is 2. The molecule has 0 aromatic heterocycles. The molecule has 1 aliphatic heterocycles. The number of nitro groups is 1. The predicted octanol–water partition coefficient (Wildman–Crippen LogP) is 1.46. The number of imide groups is 1. The number of hydrogen-bond donors (Lipinski definition) is 1. The van der Waals surface area contributed by atoms with Gasteiger partial charge in [-0.1, -0.05) is 0 Å². The number of likely N-dealkylation sites (tertiary alicyclic amines) is 1. The van der Waals surface area contributed by atoms with E-state index in [1.54, 1.807) is 13.0 Å². The summed E-state index contributed by atoms with van der Waals surface area (Å²) in [5.74, 6) is -0.465. The lowest BCUT2D eigenvalue weighted by Gasteiger charge is -2.29. The molecule has 1 heterocycles. The van der Waals surface area contributed by atoms with E-state index in [4.69, 9.17) is 0 Å². The van der Waals surface area contributed by atoms with Crippen LogP contribution in [0.2, 0.25) is 0 Å². The standard InChI is InChI=1S/C13H15N3O4/c1-8-7-9(16(19)20)3-4-10(8)14-11-5-6-12(17)15(2)13(11)18/h3-4,7,11,14H,5-6H2,1-2H3. The summed E-state index contributed by atoms with van der Waals surface area (Å²) >= 11 is 0. The number of amides is 2. The van der Waals surface area contributed by atoms with Gasteiger partial charge in [0.1, 0.15) is 6.04 Å². The molecule has 106 valence electrons. The van der Waals surface area contributed by atoms with Crippen LogP contribution < -0.4 is 5.32 Å². The van der Waals surface area contributed by atoms with Gasteiger partial charge in [-0.2, -0.15) is 0 Å². The van der Waals surface area contributed by atoms with Crippen molar-refractivity contribution in [2.24, 2.45) is 0 Å². The van der Waals surface area contributed by atoms with Crippen LogP contribution in [-0.4, -0.2) is 34.7 Å². The van der Waals surface area contributed by atoms with Crippen LogP contribution in [0, 0.1) is 17.0 Å². The molecule has 1 atom stereocenters. The lowest BCUT2D eigenvalue weighted by atomic mass is 10.0. The van der Waals surface area contributed by atoms with E-state index < -0.39 is 11.0 Å². The zero-order valence-corrected chi connectivity index (χ0v) is 11.3. The van der Waals surface area contributed by atoms with Gasteiger partial charge in [0.05, 0.1) is 4.92 Å². The van der Waals surface area contributed by atoms with Crippen LogP contribution >= 0.6 is 0 Å². The summed E-state index contributed by atoms with van der Waals surface area (Å²) in [7, 11) is 1.46. The number of likely N-dealkylation sites (N-methyl/N-ethyl adjacent to an activating group) is 1. The van der Waals surface area contributed by atoms with Crippen molar-refractivity contribution in [1.29, 1.82) is 0 Å². The topological polar surface area (TPSA) is 92.6 Å². The number of rotatable bonds is 3. The molecule has 1 N–H and O–H groups in total. The zero-order chi connectivity index (χ0) is 14.9. The number of nitrogens with one attached hydrogen (secondary N) is 1. The number of anilines is 1. The number of nitro benzene ring substituents is 1. The molecule has 1 fully saturated rings. The molecule has 1 aromatic rings. The van der Waals surface area contributed by atoms with Crippen LogP contribution in [0.4, 0.5) is 11.4 Å². The lowest BCUT2D eigenvalue weighted by molar-refractivity contribution is -0.384. The summed E-state index contributed by atoms with van der Waals surface area (Å²) in [5.41, 5.74) is 1.36. The number of hydrogen-bond acceptors (Lipinski definition) is 5.